The molecule has 212 valence electrons. The van der Waals surface area contributed by atoms with E-state index in [0.29, 0.717) is 28.8 Å². The number of carboxylic acids is 1. The van der Waals surface area contributed by atoms with Crippen molar-refractivity contribution in [1.29, 1.82) is 0 Å². The summed E-state index contributed by atoms with van der Waals surface area (Å²) in [6.07, 6.45) is 3.54. The lowest BCUT2D eigenvalue weighted by Gasteiger charge is -2.43. The number of hydrogen-bond donors (Lipinski definition) is 2. The number of hydrogen-bond acceptors (Lipinski definition) is 7. The maximum atomic E-state index is 11.2. The molecule has 1 unspecified atom stereocenters. The van der Waals surface area contributed by atoms with Crippen LogP contribution in [-0.2, 0) is 0 Å². The highest BCUT2D eigenvalue weighted by Gasteiger charge is 2.33. The van der Waals surface area contributed by atoms with E-state index in [9.17, 15) is 9.90 Å². The van der Waals surface area contributed by atoms with Gasteiger partial charge in [-0.1, -0.05) is 42.5 Å². The van der Waals surface area contributed by atoms with Crippen LogP contribution in [0.4, 0.5) is 5.82 Å². The van der Waals surface area contributed by atoms with E-state index in [4.69, 9.17) is 20.7 Å². The normalized spacial score (nSPS) is 14.4. The molecule has 1 saturated heterocycles. The summed E-state index contributed by atoms with van der Waals surface area (Å²) in [6.45, 7) is 3.90. The number of likely N-dealkylation sites (tertiary alicyclic amines) is 1. The number of aromatic nitrogens is 5. The molecule has 0 radical (unpaired) electrons. The second-order valence-electron chi connectivity index (χ2n) is 10.8. The lowest BCUT2D eigenvalue weighted by Crippen LogP contribution is -2.46. The summed E-state index contributed by atoms with van der Waals surface area (Å²) in [7, 11) is 0. The van der Waals surface area contributed by atoms with E-state index < -0.39 is 5.97 Å². The van der Waals surface area contributed by atoms with Gasteiger partial charge in [0.1, 0.15) is 11.3 Å². The number of carboxylic acid groups (broad SMARTS) is 1. The van der Waals surface area contributed by atoms with Gasteiger partial charge in [-0.25, -0.2) is 19.7 Å². The van der Waals surface area contributed by atoms with Gasteiger partial charge >= 0.3 is 5.97 Å². The molecule has 0 aliphatic carbocycles. The third-order valence-corrected chi connectivity index (χ3v) is 8.20. The van der Waals surface area contributed by atoms with E-state index in [1.165, 1.54) is 0 Å². The zero-order valence-electron chi connectivity index (χ0n) is 23.5. The van der Waals surface area contributed by atoms with E-state index in [1.54, 1.807) is 18.3 Å². The fourth-order valence-electron chi connectivity index (χ4n) is 5.66. The molecule has 0 bridgehead atoms. The predicted molar refractivity (Wildman–Crippen MR) is 166 cm³/mol. The smallest absolute Gasteiger partial charge is 0.335 e. The highest BCUT2D eigenvalue weighted by molar-refractivity contribution is 5.87. The molecule has 9 heteroatoms. The van der Waals surface area contributed by atoms with Crippen LogP contribution in [0.25, 0.3) is 39.5 Å². The fourth-order valence-corrected chi connectivity index (χ4v) is 5.66. The van der Waals surface area contributed by atoms with Gasteiger partial charge in [0, 0.05) is 42.5 Å². The zero-order valence-corrected chi connectivity index (χ0v) is 23.5. The zero-order chi connectivity index (χ0) is 29.5. The van der Waals surface area contributed by atoms with Crippen LogP contribution in [0.2, 0.25) is 0 Å². The molecule has 1 atom stereocenters. The number of nitrogen functional groups attached to an aromatic ring is 1. The van der Waals surface area contributed by atoms with Crippen molar-refractivity contribution in [3.05, 3.63) is 120 Å². The SMILES string of the molecule is CC(c1ccc(C(=O)O)cc1)N1CC(c2ccc(-n3c(-c4cccnc4N)nc4ccc(-c5ccccc5)nc43)cn2)C1. The Morgan fingerprint density at radius 1 is 0.907 bits per heavy atom. The molecule has 2 aromatic carbocycles. The summed E-state index contributed by atoms with van der Waals surface area (Å²) >= 11 is 0. The van der Waals surface area contributed by atoms with E-state index in [1.807, 2.05) is 77.5 Å². The van der Waals surface area contributed by atoms with Gasteiger partial charge in [0.05, 0.1) is 28.7 Å². The molecule has 1 fully saturated rings. The van der Waals surface area contributed by atoms with E-state index >= 15 is 0 Å². The first-order valence-electron chi connectivity index (χ1n) is 14.2. The maximum absolute atomic E-state index is 11.2. The Kier molecular flexibility index (Phi) is 6.64. The number of pyridine rings is 3. The second-order valence-corrected chi connectivity index (χ2v) is 10.8. The molecular weight excluding hydrogens is 538 g/mol. The summed E-state index contributed by atoms with van der Waals surface area (Å²) in [5.41, 5.74) is 13.6. The van der Waals surface area contributed by atoms with Crippen molar-refractivity contribution < 1.29 is 9.90 Å². The van der Waals surface area contributed by atoms with Crippen molar-refractivity contribution in [2.45, 2.75) is 18.9 Å². The first-order valence-corrected chi connectivity index (χ1v) is 14.2. The molecule has 6 aromatic rings. The Labute approximate surface area is 248 Å². The first kappa shape index (κ1) is 26.5. The molecule has 1 aliphatic heterocycles. The lowest BCUT2D eigenvalue weighted by molar-refractivity contribution is 0.0696. The van der Waals surface area contributed by atoms with Crippen LogP contribution in [-0.4, -0.2) is 53.6 Å². The first-order chi connectivity index (χ1) is 21.0. The quantitative estimate of drug-likeness (QED) is 0.241. The van der Waals surface area contributed by atoms with Gasteiger partial charge in [0.2, 0.25) is 0 Å². The molecular formula is C34H29N7O2. The minimum absolute atomic E-state index is 0.188. The van der Waals surface area contributed by atoms with Gasteiger partial charge in [-0.2, -0.15) is 0 Å². The third kappa shape index (κ3) is 4.89. The molecule has 43 heavy (non-hydrogen) atoms. The Hall–Kier alpha value is -5.41. The van der Waals surface area contributed by atoms with Crippen molar-refractivity contribution in [2.24, 2.45) is 0 Å². The maximum Gasteiger partial charge on any atom is 0.335 e. The van der Waals surface area contributed by atoms with Crippen molar-refractivity contribution >= 4 is 23.0 Å². The number of carbonyl (C=O) groups is 1. The van der Waals surface area contributed by atoms with Crippen molar-refractivity contribution in [2.75, 3.05) is 18.8 Å². The summed E-state index contributed by atoms with van der Waals surface area (Å²) in [5, 5.41) is 9.18. The van der Waals surface area contributed by atoms with Crippen LogP contribution in [0, 0.1) is 0 Å². The van der Waals surface area contributed by atoms with Gasteiger partial charge in [0.15, 0.2) is 11.5 Å². The fraction of sp³-hybridized carbons (Fsp3) is 0.147. The van der Waals surface area contributed by atoms with Crippen molar-refractivity contribution in [3.8, 4) is 28.3 Å². The predicted octanol–water partition coefficient (Wildman–Crippen LogP) is 5.99. The largest absolute Gasteiger partial charge is 0.478 e. The standard InChI is InChI=1S/C34H29N7O2/c1-21(22-9-11-24(12-10-22)34(42)43)40-19-25(20-40)28-14-13-26(18-37-28)41-32(27-8-5-17-36-31(27)35)39-30-16-15-29(38-33(30)41)23-6-3-2-4-7-23/h2-18,21,25H,19-20H2,1H3,(H2,35,36)(H,42,43). The van der Waals surface area contributed by atoms with Crippen LogP contribution in [0.3, 0.4) is 0 Å². The van der Waals surface area contributed by atoms with Crippen molar-refractivity contribution in [3.63, 3.8) is 0 Å². The van der Waals surface area contributed by atoms with Gasteiger partial charge in [0.25, 0.3) is 0 Å². The van der Waals surface area contributed by atoms with Crippen LogP contribution < -0.4 is 5.73 Å². The summed E-state index contributed by atoms with van der Waals surface area (Å²) in [4.78, 5) is 32.7. The Bertz CT molecular complexity index is 1930. The number of aromatic carboxylic acids is 1. The Morgan fingerprint density at radius 2 is 1.70 bits per heavy atom. The molecule has 3 N–H and O–H groups in total. The third-order valence-electron chi connectivity index (χ3n) is 8.20. The van der Waals surface area contributed by atoms with Gasteiger partial charge in [-0.15, -0.1) is 0 Å². The number of imidazole rings is 1. The molecule has 5 heterocycles. The summed E-state index contributed by atoms with van der Waals surface area (Å²) in [6, 6.07) is 29.3. The monoisotopic (exact) mass is 567 g/mol. The summed E-state index contributed by atoms with van der Waals surface area (Å²) < 4.78 is 2.00. The Balaban J connectivity index is 1.19. The average Bonchev–Trinajstić information content (AvgIpc) is 3.40. The highest BCUT2D eigenvalue weighted by Crippen LogP contribution is 2.35. The number of rotatable bonds is 7. The van der Waals surface area contributed by atoms with E-state index in [-0.39, 0.29) is 6.04 Å². The number of nitrogens with two attached hydrogens (primary N) is 1. The number of nitrogens with zero attached hydrogens (tertiary/aromatic N) is 6. The van der Waals surface area contributed by atoms with Crippen LogP contribution in [0.1, 0.15) is 40.5 Å². The number of anilines is 1. The molecule has 7 rings (SSSR count). The van der Waals surface area contributed by atoms with Crippen LogP contribution in [0.15, 0.2) is 103 Å². The van der Waals surface area contributed by atoms with Crippen LogP contribution >= 0.6 is 0 Å². The van der Waals surface area contributed by atoms with Gasteiger partial charge in [-0.3, -0.25) is 14.5 Å². The van der Waals surface area contributed by atoms with Crippen LogP contribution in [0.5, 0.6) is 0 Å². The van der Waals surface area contributed by atoms with E-state index in [0.717, 1.165) is 52.4 Å². The lowest BCUT2D eigenvalue weighted by atomic mass is 9.92. The van der Waals surface area contributed by atoms with Crippen molar-refractivity contribution in [1.82, 2.24) is 29.4 Å². The molecule has 4 aromatic heterocycles. The molecule has 0 amide bonds. The average molecular weight is 568 g/mol. The number of benzene rings is 2. The highest BCUT2D eigenvalue weighted by atomic mass is 16.4. The van der Waals surface area contributed by atoms with E-state index in [2.05, 4.69) is 28.9 Å². The van der Waals surface area contributed by atoms with Gasteiger partial charge < -0.3 is 10.8 Å². The minimum Gasteiger partial charge on any atom is -0.478 e. The molecule has 1 aliphatic rings. The number of fused-ring (bicyclic) bond motifs is 1. The topological polar surface area (TPSA) is 123 Å². The molecule has 0 saturated carbocycles. The minimum atomic E-state index is -0.912. The summed E-state index contributed by atoms with van der Waals surface area (Å²) in [5.74, 6) is 0.453. The Morgan fingerprint density at radius 3 is 2.40 bits per heavy atom. The van der Waals surface area contributed by atoms with Gasteiger partial charge in [-0.05, 0) is 61.0 Å². The molecule has 0 spiro atoms. The molecule has 9 nitrogen and oxygen atoms in total. The second kappa shape index (κ2) is 10.8.